The number of aromatic hydroxyl groups is 1. The molecule has 1 heterocycles. The summed E-state index contributed by atoms with van der Waals surface area (Å²) in [5, 5.41) is 13.3. The largest absolute Gasteiger partial charge is 0.508 e. The van der Waals surface area contributed by atoms with E-state index < -0.39 is 5.82 Å². The van der Waals surface area contributed by atoms with Gasteiger partial charge in [-0.05, 0) is 30.3 Å². The highest BCUT2D eigenvalue weighted by Crippen LogP contribution is 2.26. The molecule has 0 amide bonds. The summed E-state index contributed by atoms with van der Waals surface area (Å²) < 4.78 is 19.1. The first kappa shape index (κ1) is 12.8. The Morgan fingerprint density at radius 1 is 1.10 bits per heavy atom. The summed E-state index contributed by atoms with van der Waals surface area (Å²) in [7, 11) is 0. The molecule has 1 N–H and O–H groups in total. The van der Waals surface area contributed by atoms with E-state index in [0.717, 1.165) is 0 Å². The number of halogens is 2. The van der Waals surface area contributed by atoms with Gasteiger partial charge >= 0.3 is 0 Å². The van der Waals surface area contributed by atoms with Crippen molar-refractivity contribution < 1.29 is 14.0 Å². The molecule has 0 saturated carbocycles. The molecule has 100 valence electrons. The highest BCUT2D eigenvalue weighted by Gasteiger charge is 2.12. The number of rotatable bonds is 2. The zero-order chi connectivity index (χ0) is 14.1. The fraction of sp³-hybridized carbons (Fsp3) is 0. The van der Waals surface area contributed by atoms with Gasteiger partial charge in [-0.15, -0.1) is 0 Å². The SMILES string of the molecule is Oc1cccc(-c2noc(-c3cc(F)cc(Br)c3)n2)c1. The van der Waals surface area contributed by atoms with Gasteiger partial charge in [-0.2, -0.15) is 4.98 Å². The van der Waals surface area contributed by atoms with Crippen LogP contribution in [0.1, 0.15) is 0 Å². The van der Waals surface area contributed by atoms with Gasteiger partial charge in [0.15, 0.2) is 0 Å². The van der Waals surface area contributed by atoms with E-state index in [1.54, 1.807) is 24.3 Å². The lowest BCUT2D eigenvalue weighted by Crippen LogP contribution is -1.83. The van der Waals surface area contributed by atoms with Crippen molar-refractivity contribution in [3.63, 3.8) is 0 Å². The van der Waals surface area contributed by atoms with Crippen LogP contribution in [0.15, 0.2) is 51.5 Å². The Kier molecular flexibility index (Phi) is 3.23. The molecule has 20 heavy (non-hydrogen) atoms. The Hall–Kier alpha value is -2.21. The molecule has 6 heteroatoms. The third-order valence-electron chi connectivity index (χ3n) is 2.64. The van der Waals surface area contributed by atoms with E-state index in [1.165, 1.54) is 18.2 Å². The Morgan fingerprint density at radius 2 is 1.95 bits per heavy atom. The van der Waals surface area contributed by atoms with Crippen LogP contribution in [0, 0.1) is 5.82 Å². The van der Waals surface area contributed by atoms with Crippen LogP contribution in [0.25, 0.3) is 22.8 Å². The first-order chi connectivity index (χ1) is 9.61. The van der Waals surface area contributed by atoms with E-state index in [1.807, 2.05) is 0 Å². The van der Waals surface area contributed by atoms with Crippen LogP contribution >= 0.6 is 15.9 Å². The smallest absolute Gasteiger partial charge is 0.258 e. The van der Waals surface area contributed by atoms with Gasteiger partial charge in [0.1, 0.15) is 11.6 Å². The molecule has 0 aliphatic carbocycles. The van der Waals surface area contributed by atoms with Gasteiger partial charge in [0.25, 0.3) is 5.89 Å². The first-order valence-electron chi connectivity index (χ1n) is 5.71. The number of phenols is 1. The van der Waals surface area contributed by atoms with Crippen molar-refractivity contribution in [2.45, 2.75) is 0 Å². The number of hydrogen-bond acceptors (Lipinski definition) is 4. The molecule has 0 fully saturated rings. The fourth-order valence-electron chi connectivity index (χ4n) is 1.78. The van der Waals surface area contributed by atoms with Crippen molar-refractivity contribution in [3.8, 4) is 28.6 Å². The third-order valence-corrected chi connectivity index (χ3v) is 3.10. The minimum atomic E-state index is -0.397. The van der Waals surface area contributed by atoms with Crippen LogP contribution < -0.4 is 0 Å². The average molecular weight is 335 g/mol. The van der Waals surface area contributed by atoms with E-state index in [2.05, 4.69) is 26.1 Å². The summed E-state index contributed by atoms with van der Waals surface area (Å²) >= 11 is 3.21. The molecule has 0 radical (unpaired) electrons. The molecule has 1 aromatic heterocycles. The Morgan fingerprint density at radius 3 is 2.70 bits per heavy atom. The number of benzene rings is 2. The van der Waals surface area contributed by atoms with Gasteiger partial charge in [-0.1, -0.05) is 33.2 Å². The first-order valence-corrected chi connectivity index (χ1v) is 6.51. The molecule has 2 aromatic carbocycles. The molecule has 0 aliphatic rings. The highest BCUT2D eigenvalue weighted by atomic mass is 79.9. The average Bonchev–Trinajstić information content (AvgIpc) is 2.87. The topological polar surface area (TPSA) is 59.2 Å². The Labute approximate surface area is 122 Å². The van der Waals surface area contributed by atoms with Crippen molar-refractivity contribution in [3.05, 3.63) is 52.8 Å². The molecule has 0 spiro atoms. The van der Waals surface area contributed by atoms with Crippen LogP contribution in [-0.4, -0.2) is 15.2 Å². The van der Waals surface area contributed by atoms with Crippen LogP contribution in [0.5, 0.6) is 5.75 Å². The predicted octanol–water partition coefficient (Wildman–Crippen LogP) is 4.01. The summed E-state index contributed by atoms with van der Waals surface area (Å²) in [6, 6.07) is 10.8. The molecular formula is C14H8BrFN2O2. The second-order valence-electron chi connectivity index (χ2n) is 4.13. The lowest BCUT2D eigenvalue weighted by atomic mass is 10.2. The summed E-state index contributed by atoms with van der Waals surface area (Å²) in [5.74, 6) is 0.258. The molecule has 4 nitrogen and oxygen atoms in total. The number of hydrogen-bond donors (Lipinski definition) is 1. The van der Waals surface area contributed by atoms with Crippen LogP contribution in [-0.2, 0) is 0 Å². The minimum absolute atomic E-state index is 0.113. The monoisotopic (exact) mass is 334 g/mol. The van der Waals surface area contributed by atoms with Crippen molar-refractivity contribution in [1.82, 2.24) is 10.1 Å². The van der Waals surface area contributed by atoms with E-state index in [0.29, 0.717) is 21.4 Å². The standard InChI is InChI=1S/C14H8BrFN2O2/c15-10-4-9(5-11(16)7-10)14-17-13(18-20-14)8-2-1-3-12(19)6-8/h1-7,19H. The maximum absolute atomic E-state index is 13.3. The summed E-state index contributed by atoms with van der Waals surface area (Å²) in [6.45, 7) is 0. The molecule has 3 rings (SSSR count). The normalized spacial score (nSPS) is 10.7. The Balaban J connectivity index is 2.02. The van der Waals surface area contributed by atoms with E-state index in [-0.39, 0.29) is 11.6 Å². The second-order valence-corrected chi connectivity index (χ2v) is 5.05. The van der Waals surface area contributed by atoms with Crippen LogP contribution in [0.4, 0.5) is 4.39 Å². The molecule has 0 atom stereocenters. The molecular weight excluding hydrogens is 327 g/mol. The van der Waals surface area contributed by atoms with Crippen molar-refractivity contribution >= 4 is 15.9 Å². The molecule has 0 saturated heterocycles. The van der Waals surface area contributed by atoms with E-state index in [9.17, 15) is 9.50 Å². The van der Waals surface area contributed by atoms with Crippen LogP contribution in [0.3, 0.4) is 0 Å². The summed E-state index contributed by atoms with van der Waals surface area (Å²) in [6.07, 6.45) is 0. The van der Waals surface area contributed by atoms with Gasteiger partial charge in [-0.3, -0.25) is 0 Å². The third kappa shape index (κ3) is 2.55. The van der Waals surface area contributed by atoms with Gasteiger partial charge in [0.2, 0.25) is 5.82 Å². The molecule has 3 aromatic rings. The highest BCUT2D eigenvalue weighted by molar-refractivity contribution is 9.10. The van der Waals surface area contributed by atoms with Gasteiger partial charge in [-0.25, -0.2) is 4.39 Å². The van der Waals surface area contributed by atoms with Crippen molar-refractivity contribution in [2.24, 2.45) is 0 Å². The van der Waals surface area contributed by atoms with E-state index in [4.69, 9.17) is 4.52 Å². The zero-order valence-corrected chi connectivity index (χ0v) is 11.6. The van der Waals surface area contributed by atoms with Crippen molar-refractivity contribution in [1.29, 1.82) is 0 Å². The fourth-order valence-corrected chi connectivity index (χ4v) is 2.25. The van der Waals surface area contributed by atoms with Crippen molar-refractivity contribution in [2.75, 3.05) is 0 Å². The molecule has 0 bridgehead atoms. The maximum atomic E-state index is 13.3. The van der Waals surface area contributed by atoms with E-state index >= 15 is 0 Å². The number of phenolic OH excluding ortho intramolecular Hbond substituents is 1. The van der Waals surface area contributed by atoms with Gasteiger partial charge in [0, 0.05) is 15.6 Å². The maximum Gasteiger partial charge on any atom is 0.258 e. The lowest BCUT2D eigenvalue weighted by molar-refractivity contribution is 0.432. The second kappa shape index (κ2) is 5.05. The van der Waals surface area contributed by atoms with Gasteiger partial charge < -0.3 is 9.63 Å². The minimum Gasteiger partial charge on any atom is -0.508 e. The Bertz CT molecular complexity index is 753. The molecule has 0 aliphatic heterocycles. The lowest BCUT2D eigenvalue weighted by Gasteiger charge is -1.96. The van der Waals surface area contributed by atoms with Crippen LogP contribution in [0.2, 0.25) is 0 Å². The number of aromatic nitrogens is 2. The zero-order valence-electron chi connectivity index (χ0n) is 10.0. The number of nitrogens with zero attached hydrogens (tertiary/aromatic N) is 2. The summed E-state index contributed by atoms with van der Waals surface area (Å²) in [5.41, 5.74) is 1.10. The predicted molar refractivity (Wildman–Crippen MR) is 74.5 cm³/mol. The molecule has 0 unspecified atom stereocenters. The quantitative estimate of drug-likeness (QED) is 0.769. The summed E-state index contributed by atoms with van der Waals surface area (Å²) in [4.78, 5) is 4.20. The van der Waals surface area contributed by atoms with Gasteiger partial charge in [0.05, 0.1) is 0 Å².